The largest absolute Gasteiger partial charge is 0.492 e. The minimum absolute atomic E-state index is 0.180. The van der Waals surface area contributed by atoms with Crippen LogP contribution in [-0.2, 0) is 4.79 Å². The quantitative estimate of drug-likeness (QED) is 0.770. The van der Waals surface area contributed by atoms with Gasteiger partial charge in [-0.25, -0.2) is 0 Å². The standard InChI is InChI=1S/C11H12BrClO2/c1-8(14)3-2-6-15-11-7-9(12)4-5-10(11)13/h4-5,7H,2-3,6H2,1H3. The Morgan fingerprint density at radius 1 is 1.53 bits per heavy atom. The summed E-state index contributed by atoms with van der Waals surface area (Å²) in [5, 5.41) is 0.584. The van der Waals surface area contributed by atoms with Crippen LogP contribution >= 0.6 is 27.5 Å². The SMILES string of the molecule is CC(=O)CCCOc1cc(Br)ccc1Cl. The van der Waals surface area contributed by atoms with Gasteiger partial charge in [0.15, 0.2) is 0 Å². The van der Waals surface area contributed by atoms with Gasteiger partial charge in [0.25, 0.3) is 0 Å². The van der Waals surface area contributed by atoms with E-state index in [0.717, 1.165) is 10.9 Å². The molecule has 0 aliphatic heterocycles. The molecule has 0 aliphatic rings. The van der Waals surface area contributed by atoms with Crippen LogP contribution in [0.25, 0.3) is 0 Å². The summed E-state index contributed by atoms with van der Waals surface area (Å²) < 4.78 is 6.38. The van der Waals surface area contributed by atoms with Gasteiger partial charge in [0.2, 0.25) is 0 Å². The van der Waals surface area contributed by atoms with Crippen LogP contribution in [0.15, 0.2) is 22.7 Å². The second-order valence-corrected chi connectivity index (χ2v) is 4.55. The van der Waals surface area contributed by atoms with Gasteiger partial charge in [0.1, 0.15) is 11.5 Å². The first-order valence-electron chi connectivity index (χ1n) is 4.67. The van der Waals surface area contributed by atoms with Gasteiger partial charge in [-0.1, -0.05) is 27.5 Å². The highest BCUT2D eigenvalue weighted by atomic mass is 79.9. The molecule has 0 saturated carbocycles. The highest BCUT2D eigenvalue weighted by molar-refractivity contribution is 9.10. The first-order chi connectivity index (χ1) is 7.09. The number of ether oxygens (including phenoxy) is 1. The van der Waals surface area contributed by atoms with Crippen LogP contribution < -0.4 is 4.74 Å². The summed E-state index contributed by atoms with van der Waals surface area (Å²) in [7, 11) is 0. The molecular weight excluding hydrogens is 279 g/mol. The van der Waals surface area contributed by atoms with Crippen molar-refractivity contribution >= 4 is 33.3 Å². The van der Waals surface area contributed by atoms with Crippen LogP contribution in [0.2, 0.25) is 5.02 Å². The summed E-state index contributed by atoms with van der Waals surface area (Å²) in [5.41, 5.74) is 0. The van der Waals surface area contributed by atoms with E-state index in [1.54, 1.807) is 13.0 Å². The molecule has 1 aromatic carbocycles. The fourth-order valence-corrected chi connectivity index (χ4v) is 1.60. The molecule has 4 heteroatoms. The minimum atomic E-state index is 0.180. The number of rotatable bonds is 5. The van der Waals surface area contributed by atoms with Crippen molar-refractivity contribution in [3.05, 3.63) is 27.7 Å². The number of Topliss-reactive ketones (excluding diaryl/α,β-unsaturated/α-hetero) is 1. The van der Waals surface area contributed by atoms with Gasteiger partial charge in [-0.3, -0.25) is 0 Å². The first kappa shape index (κ1) is 12.5. The Kier molecular flexibility index (Phi) is 5.12. The maximum Gasteiger partial charge on any atom is 0.139 e. The second-order valence-electron chi connectivity index (χ2n) is 3.23. The van der Waals surface area contributed by atoms with Crippen molar-refractivity contribution in [3.63, 3.8) is 0 Å². The van der Waals surface area contributed by atoms with Crippen molar-refractivity contribution in [2.75, 3.05) is 6.61 Å². The molecular formula is C11H12BrClO2. The molecule has 0 spiro atoms. The number of benzene rings is 1. The molecule has 0 radical (unpaired) electrons. The Balaban J connectivity index is 2.43. The first-order valence-corrected chi connectivity index (χ1v) is 5.84. The van der Waals surface area contributed by atoms with Crippen molar-refractivity contribution in [1.29, 1.82) is 0 Å². The summed E-state index contributed by atoms with van der Waals surface area (Å²) >= 11 is 9.26. The maximum atomic E-state index is 10.7. The van der Waals surface area contributed by atoms with E-state index in [1.807, 2.05) is 12.1 Å². The van der Waals surface area contributed by atoms with E-state index < -0.39 is 0 Å². The lowest BCUT2D eigenvalue weighted by Crippen LogP contribution is -2.00. The summed E-state index contributed by atoms with van der Waals surface area (Å²) in [6, 6.07) is 5.44. The van der Waals surface area contributed by atoms with Gasteiger partial charge in [-0.15, -0.1) is 0 Å². The van der Waals surface area contributed by atoms with Crippen LogP contribution in [0, 0.1) is 0 Å². The van der Waals surface area contributed by atoms with Crippen LogP contribution in [-0.4, -0.2) is 12.4 Å². The van der Waals surface area contributed by atoms with Gasteiger partial charge < -0.3 is 9.53 Å². The predicted molar refractivity (Wildman–Crippen MR) is 64.6 cm³/mol. The van der Waals surface area contributed by atoms with E-state index >= 15 is 0 Å². The molecule has 2 nitrogen and oxygen atoms in total. The van der Waals surface area contributed by atoms with E-state index in [1.165, 1.54) is 0 Å². The van der Waals surface area contributed by atoms with Gasteiger partial charge >= 0.3 is 0 Å². The summed E-state index contributed by atoms with van der Waals surface area (Å²) in [4.78, 5) is 10.7. The highest BCUT2D eigenvalue weighted by Crippen LogP contribution is 2.27. The number of carbonyl (C=O) groups excluding carboxylic acids is 1. The zero-order valence-corrected chi connectivity index (χ0v) is 10.8. The van der Waals surface area contributed by atoms with Crippen molar-refractivity contribution in [1.82, 2.24) is 0 Å². The topological polar surface area (TPSA) is 26.3 Å². The van der Waals surface area contributed by atoms with Crippen molar-refractivity contribution in [3.8, 4) is 5.75 Å². The van der Waals surface area contributed by atoms with Crippen LogP contribution in [0.3, 0.4) is 0 Å². The molecule has 0 unspecified atom stereocenters. The maximum absolute atomic E-state index is 10.7. The molecule has 0 bridgehead atoms. The molecule has 82 valence electrons. The average molecular weight is 292 g/mol. The van der Waals surface area contributed by atoms with Crippen molar-refractivity contribution < 1.29 is 9.53 Å². The minimum Gasteiger partial charge on any atom is -0.492 e. The molecule has 0 aliphatic carbocycles. The third-order valence-electron chi connectivity index (χ3n) is 1.82. The van der Waals surface area contributed by atoms with Crippen LogP contribution in [0.1, 0.15) is 19.8 Å². The Labute approximate surface area is 103 Å². The average Bonchev–Trinajstić information content (AvgIpc) is 2.17. The molecule has 0 N–H and O–H groups in total. The Morgan fingerprint density at radius 2 is 2.27 bits per heavy atom. The predicted octanol–water partition coefficient (Wildman–Crippen LogP) is 3.85. The molecule has 0 heterocycles. The number of hydrogen-bond acceptors (Lipinski definition) is 2. The Hall–Kier alpha value is -0.540. The lowest BCUT2D eigenvalue weighted by atomic mass is 10.2. The number of ketones is 1. The van der Waals surface area contributed by atoms with Crippen LogP contribution in [0.5, 0.6) is 5.75 Å². The van der Waals surface area contributed by atoms with Gasteiger partial charge in [-0.05, 0) is 31.5 Å². The second kappa shape index (κ2) is 6.13. The third kappa shape index (κ3) is 4.67. The molecule has 1 aromatic rings. The Bertz CT molecular complexity index is 352. The summed E-state index contributed by atoms with van der Waals surface area (Å²) in [6.45, 7) is 2.09. The van der Waals surface area contributed by atoms with Gasteiger partial charge in [-0.2, -0.15) is 0 Å². The molecule has 0 fully saturated rings. The normalized spacial score (nSPS) is 10.1. The van der Waals surface area contributed by atoms with E-state index in [2.05, 4.69) is 15.9 Å². The molecule has 1 rings (SSSR count). The molecule has 15 heavy (non-hydrogen) atoms. The summed E-state index contributed by atoms with van der Waals surface area (Å²) in [5.74, 6) is 0.827. The molecule has 0 saturated heterocycles. The smallest absolute Gasteiger partial charge is 0.139 e. The van der Waals surface area contributed by atoms with E-state index in [9.17, 15) is 4.79 Å². The van der Waals surface area contributed by atoms with Crippen molar-refractivity contribution in [2.45, 2.75) is 19.8 Å². The van der Waals surface area contributed by atoms with Crippen molar-refractivity contribution in [2.24, 2.45) is 0 Å². The van der Waals surface area contributed by atoms with Crippen LogP contribution in [0.4, 0.5) is 0 Å². The highest BCUT2D eigenvalue weighted by Gasteiger charge is 2.02. The van der Waals surface area contributed by atoms with E-state index in [-0.39, 0.29) is 5.78 Å². The van der Waals surface area contributed by atoms with Gasteiger partial charge in [0, 0.05) is 10.9 Å². The number of carbonyl (C=O) groups is 1. The molecule has 0 amide bonds. The monoisotopic (exact) mass is 290 g/mol. The zero-order valence-electron chi connectivity index (χ0n) is 8.43. The fourth-order valence-electron chi connectivity index (χ4n) is 1.09. The van der Waals surface area contributed by atoms with E-state index in [0.29, 0.717) is 23.8 Å². The third-order valence-corrected chi connectivity index (χ3v) is 2.63. The number of hydrogen-bond donors (Lipinski definition) is 0. The van der Waals surface area contributed by atoms with Gasteiger partial charge in [0.05, 0.1) is 11.6 Å². The summed E-state index contributed by atoms with van der Waals surface area (Å²) in [6.07, 6.45) is 1.27. The number of halogens is 2. The zero-order chi connectivity index (χ0) is 11.3. The van der Waals surface area contributed by atoms with E-state index in [4.69, 9.17) is 16.3 Å². The fraction of sp³-hybridized carbons (Fsp3) is 0.364. The molecule has 0 aromatic heterocycles. The molecule has 0 atom stereocenters. The Morgan fingerprint density at radius 3 is 2.93 bits per heavy atom. The lowest BCUT2D eigenvalue weighted by Gasteiger charge is -2.07. The lowest BCUT2D eigenvalue weighted by molar-refractivity contribution is -0.117.